The maximum absolute atomic E-state index is 12.1. The first-order chi connectivity index (χ1) is 11.7. The van der Waals surface area contributed by atoms with Gasteiger partial charge in [-0.15, -0.1) is 11.8 Å². The molecule has 0 unspecified atom stereocenters. The Bertz CT molecular complexity index is 897. The van der Waals surface area contributed by atoms with E-state index in [1.165, 1.54) is 23.1 Å². The minimum atomic E-state index is -0.0901. The lowest BCUT2D eigenvalue weighted by Gasteiger charge is -2.04. The van der Waals surface area contributed by atoms with E-state index in [-0.39, 0.29) is 5.91 Å². The molecule has 0 aliphatic rings. The van der Waals surface area contributed by atoms with E-state index in [4.69, 9.17) is 5.26 Å². The number of nitrogens with zero attached hydrogens (tertiary/aromatic N) is 3. The van der Waals surface area contributed by atoms with E-state index in [2.05, 4.69) is 21.4 Å². The highest BCUT2D eigenvalue weighted by molar-refractivity contribution is 7.99. The molecule has 0 saturated heterocycles. The predicted molar refractivity (Wildman–Crippen MR) is 97.3 cm³/mol. The van der Waals surface area contributed by atoms with Crippen LogP contribution in [0.3, 0.4) is 0 Å². The number of para-hydroxylation sites is 1. The Morgan fingerprint density at radius 1 is 1.29 bits per heavy atom. The molecule has 5 nitrogen and oxygen atoms in total. The standard InChI is InChI=1S/C17H14N4OS2/c1-11-6-7-12(10-18)16(19-11)23-9-8-15(22)21-17-20-13-4-2-3-5-14(13)24-17/h2-7H,8-9H2,1H3,(H,20,21,22). The minimum Gasteiger partial charge on any atom is -0.302 e. The summed E-state index contributed by atoms with van der Waals surface area (Å²) in [6.07, 6.45) is 0.334. The Labute approximate surface area is 147 Å². The molecule has 3 rings (SSSR count). The van der Waals surface area contributed by atoms with Crippen LogP contribution >= 0.6 is 23.1 Å². The van der Waals surface area contributed by atoms with Crippen molar-refractivity contribution in [2.75, 3.05) is 11.1 Å². The number of amides is 1. The summed E-state index contributed by atoms with van der Waals surface area (Å²) in [5.41, 5.74) is 2.28. The van der Waals surface area contributed by atoms with Gasteiger partial charge in [-0.3, -0.25) is 4.79 Å². The van der Waals surface area contributed by atoms with Gasteiger partial charge in [-0.2, -0.15) is 5.26 Å². The Kier molecular flexibility index (Phi) is 5.08. The summed E-state index contributed by atoms with van der Waals surface area (Å²) in [4.78, 5) is 20.8. The Balaban J connectivity index is 1.56. The summed E-state index contributed by atoms with van der Waals surface area (Å²) in [6, 6.07) is 13.5. The van der Waals surface area contributed by atoms with Crippen LogP contribution in [0.2, 0.25) is 0 Å². The number of aryl methyl sites for hydroxylation is 1. The molecule has 1 amide bonds. The van der Waals surface area contributed by atoms with Gasteiger partial charge in [0.1, 0.15) is 11.1 Å². The number of hydrogen-bond acceptors (Lipinski definition) is 6. The zero-order valence-corrected chi connectivity index (χ0v) is 14.6. The molecule has 1 N–H and O–H groups in total. The second kappa shape index (κ2) is 7.43. The van der Waals surface area contributed by atoms with Crippen LogP contribution in [-0.4, -0.2) is 21.6 Å². The summed E-state index contributed by atoms with van der Waals surface area (Å²) in [5, 5.41) is 13.2. The monoisotopic (exact) mass is 354 g/mol. The SMILES string of the molecule is Cc1ccc(C#N)c(SCCC(=O)Nc2nc3ccccc3s2)n1. The first kappa shape index (κ1) is 16.4. The van der Waals surface area contributed by atoms with Crippen LogP contribution in [0, 0.1) is 18.3 Å². The zero-order valence-electron chi connectivity index (χ0n) is 12.9. The van der Waals surface area contributed by atoms with E-state index in [1.54, 1.807) is 6.07 Å². The number of carbonyl (C=O) groups is 1. The smallest absolute Gasteiger partial charge is 0.226 e. The highest BCUT2D eigenvalue weighted by Gasteiger charge is 2.09. The van der Waals surface area contributed by atoms with Gasteiger partial charge in [-0.25, -0.2) is 9.97 Å². The number of nitriles is 1. The van der Waals surface area contributed by atoms with E-state index < -0.39 is 0 Å². The third kappa shape index (κ3) is 3.91. The van der Waals surface area contributed by atoms with Crippen molar-refractivity contribution in [1.29, 1.82) is 5.26 Å². The Morgan fingerprint density at radius 2 is 2.12 bits per heavy atom. The fourth-order valence-corrected chi connectivity index (χ4v) is 3.92. The van der Waals surface area contributed by atoms with Gasteiger partial charge in [0.15, 0.2) is 5.13 Å². The predicted octanol–water partition coefficient (Wildman–Crippen LogP) is 3.99. The van der Waals surface area contributed by atoms with Crippen LogP contribution in [0.1, 0.15) is 17.7 Å². The molecule has 0 radical (unpaired) electrons. The highest BCUT2D eigenvalue weighted by Crippen LogP contribution is 2.26. The lowest BCUT2D eigenvalue weighted by atomic mass is 10.3. The Morgan fingerprint density at radius 3 is 2.92 bits per heavy atom. The number of aromatic nitrogens is 2. The number of nitrogens with one attached hydrogen (secondary N) is 1. The van der Waals surface area contributed by atoms with E-state index >= 15 is 0 Å². The van der Waals surface area contributed by atoms with Crippen LogP contribution in [-0.2, 0) is 4.79 Å². The number of fused-ring (bicyclic) bond motifs is 1. The van der Waals surface area contributed by atoms with Crippen molar-refractivity contribution in [3.63, 3.8) is 0 Å². The first-order valence-corrected chi connectivity index (χ1v) is 9.12. The third-order valence-corrected chi connectivity index (χ3v) is 5.17. The van der Waals surface area contributed by atoms with Crippen molar-refractivity contribution in [3.8, 4) is 6.07 Å². The van der Waals surface area contributed by atoms with Gasteiger partial charge in [0.2, 0.25) is 5.91 Å². The largest absolute Gasteiger partial charge is 0.302 e. The fraction of sp³-hybridized carbons (Fsp3) is 0.176. The minimum absolute atomic E-state index is 0.0901. The molecule has 7 heteroatoms. The van der Waals surface area contributed by atoms with E-state index in [1.807, 2.05) is 37.3 Å². The molecule has 2 heterocycles. The number of hydrogen-bond donors (Lipinski definition) is 1. The van der Waals surface area contributed by atoms with Crippen molar-refractivity contribution in [2.45, 2.75) is 18.4 Å². The van der Waals surface area contributed by atoms with Crippen molar-refractivity contribution < 1.29 is 4.79 Å². The van der Waals surface area contributed by atoms with Crippen molar-refractivity contribution in [3.05, 3.63) is 47.7 Å². The maximum atomic E-state index is 12.1. The normalized spacial score (nSPS) is 10.5. The van der Waals surface area contributed by atoms with Crippen molar-refractivity contribution >= 4 is 44.4 Å². The van der Waals surface area contributed by atoms with E-state index in [0.717, 1.165) is 15.9 Å². The second-order valence-electron chi connectivity index (χ2n) is 5.05. The lowest BCUT2D eigenvalue weighted by molar-refractivity contribution is -0.115. The molecule has 3 aromatic rings. The van der Waals surface area contributed by atoms with Crippen LogP contribution in [0.15, 0.2) is 41.4 Å². The average Bonchev–Trinajstić information content (AvgIpc) is 2.97. The van der Waals surface area contributed by atoms with Gasteiger partial charge >= 0.3 is 0 Å². The molecule has 120 valence electrons. The van der Waals surface area contributed by atoms with Gasteiger partial charge < -0.3 is 5.32 Å². The topological polar surface area (TPSA) is 78.7 Å². The van der Waals surface area contributed by atoms with Gasteiger partial charge in [0.25, 0.3) is 0 Å². The van der Waals surface area contributed by atoms with Crippen molar-refractivity contribution in [1.82, 2.24) is 9.97 Å². The summed E-state index contributed by atoms with van der Waals surface area (Å²) < 4.78 is 1.05. The number of thioether (sulfide) groups is 1. The highest BCUT2D eigenvalue weighted by atomic mass is 32.2. The summed E-state index contributed by atoms with van der Waals surface area (Å²) in [6.45, 7) is 1.88. The molecule has 0 atom stereocenters. The molecular formula is C17H14N4OS2. The second-order valence-corrected chi connectivity index (χ2v) is 7.16. The number of rotatable bonds is 5. The molecule has 0 spiro atoms. The number of benzene rings is 1. The third-order valence-electron chi connectivity index (χ3n) is 3.23. The molecule has 0 fully saturated rings. The lowest BCUT2D eigenvalue weighted by Crippen LogP contribution is -2.12. The summed E-state index contributed by atoms with van der Waals surface area (Å²) in [5.74, 6) is 0.467. The maximum Gasteiger partial charge on any atom is 0.226 e. The molecule has 0 bridgehead atoms. The number of thiazole rings is 1. The molecule has 24 heavy (non-hydrogen) atoms. The Hall–Kier alpha value is -2.43. The first-order valence-electron chi connectivity index (χ1n) is 7.31. The summed E-state index contributed by atoms with van der Waals surface area (Å²) in [7, 11) is 0. The molecule has 0 aliphatic heterocycles. The number of pyridine rings is 1. The van der Waals surface area contributed by atoms with Gasteiger partial charge in [0, 0.05) is 17.9 Å². The molecular weight excluding hydrogens is 340 g/mol. The number of carbonyl (C=O) groups excluding carboxylic acids is 1. The van der Waals surface area contributed by atoms with Crippen LogP contribution < -0.4 is 5.32 Å². The van der Waals surface area contributed by atoms with Gasteiger partial charge in [0.05, 0.1) is 15.8 Å². The van der Waals surface area contributed by atoms with Gasteiger partial charge in [-0.1, -0.05) is 23.5 Å². The molecule has 1 aromatic carbocycles. The average molecular weight is 354 g/mol. The molecule has 0 aliphatic carbocycles. The van der Waals surface area contributed by atoms with Crippen molar-refractivity contribution in [2.24, 2.45) is 0 Å². The number of anilines is 1. The fourth-order valence-electron chi connectivity index (χ4n) is 2.08. The van der Waals surface area contributed by atoms with Gasteiger partial charge in [-0.05, 0) is 31.2 Å². The van der Waals surface area contributed by atoms with E-state index in [0.29, 0.717) is 27.9 Å². The summed E-state index contributed by atoms with van der Waals surface area (Å²) >= 11 is 2.88. The quantitative estimate of drug-likeness (QED) is 0.701. The van der Waals surface area contributed by atoms with Crippen LogP contribution in [0.4, 0.5) is 5.13 Å². The van der Waals surface area contributed by atoms with Crippen LogP contribution in [0.25, 0.3) is 10.2 Å². The zero-order chi connectivity index (χ0) is 16.9. The molecule has 0 saturated carbocycles. The van der Waals surface area contributed by atoms with E-state index in [9.17, 15) is 4.79 Å². The molecule has 2 aromatic heterocycles. The van der Waals surface area contributed by atoms with Crippen LogP contribution in [0.5, 0.6) is 0 Å².